The molecule has 0 bridgehead atoms. The van der Waals surface area contributed by atoms with Crippen molar-refractivity contribution >= 4 is 17.1 Å². The van der Waals surface area contributed by atoms with Gasteiger partial charge < -0.3 is 9.29 Å². The van der Waals surface area contributed by atoms with Crippen LogP contribution >= 0.6 is 0 Å². The maximum absolute atomic E-state index is 12.2. The fraction of sp³-hybridized carbons (Fsp3) is 0.917. The molecule has 1 rings (SSSR count). The summed E-state index contributed by atoms with van der Waals surface area (Å²) in [7, 11) is 1.43. The summed E-state index contributed by atoms with van der Waals surface area (Å²) in [5, 5.41) is 0.251. The van der Waals surface area contributed by atoms with E-state index < -0.39 is 11.2 Å². The van der Waals surface area contributed by atoms with Gasteiger partial charge in [-0.15, -0.1) is 0 Å². The van der Waals surface area contributed by atoms with Crippen molar-refractivity contribution in [3.63, 3.8) is 0 Å². The first kappa shape index (κ1) is 13.8. The van der Waals surface area contributed by atoms with Crippen LogP contribution in [0, 0.1) is 5.92 Å². The lowest BCUT2D eigenvalue weighted by Crippen LogP contribution is -2.40. The van der Waals surface area contributed by atoms with Gasteiger partial charge in [0.1, 0.15) is 10.00 Å². The van der Waals surface area contributed by atoms with Gasteiger partial charge in [-0.1, -0.05) is 0 Å². The van der Waals surface area contributed by atoms with E-state index in [0.29, 0.717) is 0 Å². The highest BCUT2D eigenvalue weighted by molar-refractivity contribution is 7.93. The van der Waals surface area contributed by atoms with Gasteiger partial charge >= 0.3 is 5.97 Å². The Kier molecular flexibility index (Phi) is 4.68. The predicted octanol–water partition coefficient (Wildman–Crippen LogP) is 2.27. The van der Waals surface area contributed by atoms with Crippen LogP contribution in [0.15, 0.2) is 0 Å². The molecule has 16 heavy (non-hydrogen) atoms. The highest BCUT2D eigenvalue weighted by atomic mass is 32.2. The van der Waals surface area contributed by atoms with E-state index in [1.54, 1.807) is 0 Å². The second-order valence-electron chi connectivity index (χ2n) is 5.41. The zero-order valence-electron chi connectivity index (χ0n) is 10.6. The van der Waals surface area contributed by atoms with E-state index in [2.05, 4.69) is 0 Å². The Bertz CT molecular complexity index is 239. The normalized spacial score (nSPS) is 28.6. The zero-order valence-corrected chi connectivity index (χ0v) is 11.4. The maximum Gasteiger partial charge on any atom is 0.308 e. The Hall–Kier alpha value is -0.220. The van der Waals surface area contributed by atoms with Gasteiger partial charge in [0.25, 0.3) is 0 Å². The molecule has 0 amide bonds. The quantitative estimate of drug-likeness (QED) is 0.554. The molecule has 1 atom stereocenters. The Morgan fingerprint density at radius 1 is 1.25 bits per heavy atom. The Morgan fingerprint density at radius 2 is 1.75 bits per heavy atom. The van der Waals surface area contributed by atoms with Gasteiger partial charge in [0.05, 0.1) is 13.0 Å². The molecule has 0 N–H and O–H groups in total. The molecule has 0 saturated heterocycles. The van der Waals surface area contributed by atoms with Crippen molar-refractivity contribution in [2.45, 2.75) is 56.5 Å². The number of esters is 1. The van der Waals surface area contributed by atoms with Crippen molar-refractivity contribution in [1.29, 1.82) is 0 Å². The Balaban J connectivity index is 2.46. The second-order valence-corrected chi connectivity index (χ2v) is 7.89. The lowest BCUT2D eigenvalue weighted by Gasteiger charge is -2.34. The van der Waals surface area contributed by atoms with Crippen LogP contribution in [0.1, 0.15) is 46.5 Å². The first-order valence-corrected chi connectivity index (χ1v) is 7.06. The largest absolute Gasteiger partial charge is 0.616 e. The number of hydrogen-bond acceptors (Lipinski definition) is 3. The maximum atomic E-state index is 12.2. The molecule has 1 fully saturated rings. The molecule has 1 unspecified atom stereocenters. The summed E-state index contributed by atoms with van der Waals surface area (Å²) < 4.78 is 16.7. The number of hydrogen-bond donors (Lipinski definition) is 0. The van der Waals surface area contributed by atoms with Crippen molar-refractivity contribution in [2.75, 3.05) is 7.11 Å². The average Bonchev–Trinajstić information content (AvgIpc) is 2.26. The van der Waals surface area contributed by atoms with Crippen molar-refractivity contribution in [3.05, 3.63) is 0 Å². The Morgan fingerprint density at radius 3 is 2.12 bits per heavy atom. The molecule has 0 aromatic heterocycles. The minimum Gasteiger partial charge on any atom is -0.616 e. The average molecular weight is 246 g/mol. The summed E-state index contributed by atoms with van der Waals surface area (Å²) in [4.78, 5) is 11.3. The van der Waals surface area contributed by atoms with Crippen LogP contribution in [-0.4, -0.2) is 27.6 Å². The molecule has 1 saturated carbocycles. The molecular weight excluding hydrogens is 224 g/mol. The van der Waals surface area contributed by atoms with Crippen molar-refractivity contribution < 1.29 is 14.1 Å². The van der Waals surface area contributed by atoms with Crippen LogP contribution in [0.2, 0.25) is 0 Å². The van der Waals surface area contributed by atoms with Gasteiger partial charge in [-0.25, -0.2) is 0 Å². The van der Waals surface area contributed by atoms with E-state index in [9.17, 15) is 9.35 Å². The predicted molar refractivity (Wildman–Crippen MR) is 65.7 cm³/mol. The fourth-order valence-corrected chi connectivity index (χ4v) is 3.88. The third kappa shape index (κ3) is 3.39. The molecule has 4 heteroatoms. The summed E-state index contributed by atoms with van der Waals surface area (Å²) in [5.41, 5.74) is 0. The van der Waals surface area contributed by atoms with Crippen LogP contribution in [0.5, 0.6) is 0 Å². The summed E-state index contributed by atoms with van der Waals surface area (Å²) in [6.45, 7) is 6.03. The van der Waals surface area contributed by atoms with E-state index in [4.69, 9.17) is 4.74 Å². The first-order chi connectivity index (χ1) is 7.36. The molecule has 94 valence electrons. The minimum atomic E-state index is -0.806. The van der Waals surface area contributed by atoms with Crippen molar-refractivity contribution in [1.82, 2.24) is 0 Å². The van der Waals surface area contributed by atoms with Gasteiger partial charge in [-0.2, -0.15) is 0 Å². The van der Waals surface area contributed by atoms with Crippen LogP contribution in [0.4, 0.5) is 0 Å². The van der Waals surface area contributed by atoms with Gasteiger partial charge in [-0.3, -0.25) is 4.79 Å². The molecule has 0 aliphatic heterocycles. The highest BCUT2D eigenvalue weighted by Crippen LogP contribution is 2.33. The molecule has 0 radical (unpaired) electrons. The van der Waals surface area contributed by atoms with Gasteiger partial charge in [0, 0.05) is 0 Å². The molecule has 3 nitrogen and oxygen atoms in total. The Labute approximate surface area is 101 Å². The van der Waals surface area contributed by atoms with Crippen LogP contribution < -0.4 is 0 Å². The van der Waals surface area contributed by atoms with E-state index in [1.807, 2.05) is 20.8 Å². The minimum absolute atomic E-state index is 0.0261. The van der Waals surface area contributed by atoms with E-state index >= 15 is 0 Å². The van der Waals surface area contributed by atoms with E-state index in [1.165, 1.54) is 7.11 Å². The standard InChI is InChI=1S/C12H22O3S/c1-12(2,3)16(14)10-7-5-9(6-8-10)11(13)15-4/h9-10H,5-8H2,1-4H3/t9-,10-,16?. The lowest BCUT2D eigenvalue weighted by atomic mass is 9.89. The van der Waals surface area contributed by atoms with Crippen LogP contribution in [0.25, 0.3) is 0 Å². The van der Waals surface area contributed by atoms with Crippen LogP contribution in [0.3, 0.4) is 0 Å². The molecule has 0 spiro atoms. The molecule has 1 aliphatic rings. The molecule has 0 heterocycles. The number of carbonyl (C=O) groups is 1. The molecular formula is C12H22O3S. The van der Waals surface area contributed by atoms with Crippen LogP contribution in [-0.2, 0) is 20.7 Å². The van der Waals surface area contributed by atoms with Crippen molar-refractivity contribution in [3.8, 4) is 0 Å². The van der Waals surface area contributed by atoms with E-state index in [0.717, 1.165) is 25.7 Å². The lowest BCUT2D eigenvalue weighted by molar-refractivity contribution is -0.146. The fourth-order valence-electron chi connectivity index (χ4n) is 2.18. The second kappa shape index (κ2) is 5.41. The zero-order chi connectivity index (χ0) is 12.3. The summed E-state index contributed by atoms with van der Waals surface area (Å²) >= 11 is -0.806. The monoisotopic (exact) mass is 246 g/mol. The third-order valence-corrected chi connectivity index (χ3v) is 5.40. The number of carbonyl (C=O) groups excluding carboxylic acids is 1. The summed E-state index contributed by atoms with van der Waals surface area (Å²) in [6, 6.07) is 0. The number of methoxy groups -OCH3 is 1. The van der Waals surface area contributed by atoms with Gasteiger partial charge in [0.15, 0.2) is 0 Å². The number of rotatable bonds is 2. The van der Waals surface area contributed by atoms with Crippen molar-refractivity contribution in [2.24, 2.45) is 5.92 Å². The van der Waals surface area contributed by atoms with E-state index in [-0.39, 0.29) is 21.9 Å². The third-order valence-electron chi connectivity index (χ3n) is 3.12. The molecule has 0 aromatic carbocycles. The molecule has 0 aromatic rings. The van der Waals surface area contributed by atoms with Gasteiger partial charge in [-0.05, 0) is 57.6 Å². The molecule has 1 aliphatic carbocycles. The van der Waals surface area contributed by atoms with Gasteiger partial charge in [0.2, 0.25) is 0 Å². The summed E-state index contributed by atoms with van der Waals surface area (Å²) in [5.74, 6) is -0.0850. The number of ether oxygens (including phenoxy) is 1. The SMILES string of the molecule is COC(=O)[C@H]1CC[C@H]([S+]([O-])C(C)(C)C)CC1. The smallest absolute Gasteiger partial charge is 0.308 e. The topological polar surface area (TPSA) is 49.4 Å². The highest BCUT2D eigenvalue weighted by Gasteiger charge is 2.38. The first-order valence-electron chi connectivity index (χ1n) is 5.84. The summed E-state index contributed by atoms with van der Waals surface area (Å²) in [6.07, 6.45) is 3.39.